The van der Waals surface area contributed by atoms with Gasteiger partial charge in [0.15, 0.2) is 0 Å². The maximum absolute atomic E-state index is 10.2. The molecule has 1 fully saturated rings. The molecule has 3 rings (SSSR count). The van der Waals surface area contributed by atoms with E-state index in [9.17, 15) is 10.2 Å². The summed E-state index contributed by atoms with van der Waals surface area (Å²) in [5.74, 6) is 0.802. The molecule has 2 aromatic carbocycles. The summed E-state index contributed by atoms with van der Waals surface area (Å²) < 4.78 is 5.81. The van der Waals surface area contributed by atoms with Gasteiger partial charge in [0.2, 0.25) is 0 Å². The molecule has 1 saturated heterocycles. The number of hydrogen-bond donors (Lipinski definition) is 2. The minimum atomic E-state index is -0.552. The van der Waals surface area contributed by atoms with Crippen LogP contribution in [0.3, 0.4) is 0 Å². The van der Waals surface area contributed by atoms with Gasteiger partial charge in [-0.15, -0.1) is 0 Å². The maximum Gasteiger partial charge on any atom is 0.127 e. The predicted octanol–water partition coefficient (Wildman–Crippen LogP) is 2.04. The van der Waals surface area contributed by atoms with Gasteiger partial charge >= 0.3 is 0 Å². The van der Waals surface area contributed by atoms with Crippen LogP contribution >= 0.6 is 0 Å². The van der Waals surface area contributed by atoms with Gasteiger partial charge in [-0.1, -0.05) is 36.4 Å². The van der Waals surface area contributed by atoms with Gasteiger partial charge in [0, 0.05) is 18.5 Å². The topological polar surface area (TPSA) is 52.9 Å². The molecule has 0 saturated carbocycles. The third-order valence-electron chi connectivity index (χ3n) is 4.13. The zero-order chi connectivity index (χ0) is 15.4. The standard InChI is InChI=1S/C18H23NO3/c20-15-7-4-10-19(11-15)12-16(21)13-22-18-9-3-6-14-5-1-2-8-17(14)18/h1-3,5-6,8-9,15-16,20-21H,4,7,10-13H2/t15-,16+/m0/s1. The van der Waals surface area contributed by atoms with Crippen LogP contribution < -0.4 is 4.74 Å². The lowest BCUT2D eigenvalue weighted by molar-refractivity contribution is 0.0245. The molecule has 0 bridgehead atoms. The second-order valence-corrected chi connectivity index (χ2v) is 6.00. The molecule has 0 aromatic heterocycles. The number of likely N-dealkylation sites (tertiary alicyclic amines) is 1. The Bertz CT molecular complexity index is 611. The zero-order valence-corrected chi connectivity index (χ0v) is 12.7. The number of β-amino-alcohol motifs (C(OH)–C–C–N with tert-alkyl or cyclic N) is 2. The van der Waals surface area contributed by atoms with Crippen molar-refractivity contribution in [1.82, 2.24) is 4.90 Å². The summed E-state index contributed by atoms with van der Waals surface area (Å²) in [6, 6.07) is 14.0. The first kappa shape index (κ1) is 15.3. The largest absolute Gasteiger partial charge is 0.490 e. The van der Waals surface area contributed by atoms with Crippen LogP contribution in [-0.2, 0) is 0 Å². The van der Waals surface area contributed by atoms with E-state index in [1.807, 2.05) is 42.5 Å². The minimum absolute atomic E-state index is 0.264. The van der Waals surface area contributed by atoms with Crippen LogP contribution in [0.2, 0.25) is 0 Å². The molecule has 2 N–H and O–H groups in total. The number of nitrogens with zero attached hydrogens (tertiary/aromatic N) is 1. The zero-order valence-electron chi connectivity index (χ0n) is 12.7. The first-order chi connectivity index (χ1) is 10.7. The summed E-state index contributed by atoms with van der Waals surface area (Å²) in [6.45, 7) is 2.39. The van der Waals surface area contributed by atoms with Gasteiger partial charge in [0.25, 0.3) is 0 Å². The Morgan fingerprint density at radius 2 is 2.00 bits per heavy atom. The Morgan fingerprint density at radius 3 is 2.86 bits per heavy atom. The van der Waals surface area contributed by atoms with E-state index in [1.165, 1.54) is 0 Å². The van der Waals surface area contributed by atoms with Gasteiger partial charge < -0.3 is 14.9 Å². The number of aliphatic hydroxyl groups excluding tert-OH is 2. The number of fused-ring (bicyclic) bond motifs is 1. The molecule has 22 heavy (non-hydrogen) atoms. The molecule has 0 unspecified atom stereocenters. The molecule has 1 aliphatic heterocycles. The van der Waals surface area contributed by atoms with Crippen molar-refractivity contribution in [1.29, 1.82) is 0 Å². The quantitative estimate of drug-likeness (QED) is 0.887. The van der Waals surface area contributed by atoms with Crippen LogP contribution in [0.4, 0.5) is 0 Å². The van der Waals surface area contributed by atoms with Crippen LogP contribution in [0.1, 0.15) is 12.8 Å². The van der Waals surface area contributed by atoms with E-state index in [1.54, 1.807) is 0 Å². The third-order valence-corrected chi connectivity index (χ3v) is 4.13. The molecule has 0 radical (unpaired) electrons. The lowest BCUT2D eigenvalue weighted by atomic mass is 10.1. The smallest absolute Gasteiger partial charge is 0.127 e. The van der Waals surface area contributed by atoms with E-state index in [2.05, 4.69) is 4.90 Å². The van der Waals surface area contributed by atoms with Gasteiger partial charge in [-0.25, -0.2) is 0 Å². The highest BCUT2D eigenvalue weighted by molar-refractivity contribution is 5.88. The van der Waals surface area contributed by atoms with Gasteiger partial charge in [-0.3, -0.25) is 4.90 Å². The van der Waals surface area contributed by atoms with Crippen molar-refractivity contribution in [3.8, 4) is 5.75 Å². The molecule has 0 amide bonds. The first-order valence-corrected chi connectivity index (χ1v) is 7.91. The Kier molecular flexibility index (Phi) is 4.93. The van der Waals surface area contributed by atoms with E-state index < -0.39 is 6.10 Å². The number of ether oxygens (including phenoxy) is 1. The van der Waals surface area contributed by atoms with Crippen molar-refractivity contribution >= 4 is 10.8 Å². The summed E-state index contributed by atoms with van der Waals surface area (Å²) in [5.41, 5.74) is 0. The fraction of sp³-hybridized carbons (Fsp3) is 0.444. The average molecular weight is 301 g/mol. The molecule has 118 valence electrons. The molecule has 4 nitrogen and oxygen atoms in total. The van der Waals surface area contributed by atoms with Crippen LogP contribution in [0.25, 0.3) is 10.8 Å². The molecule has 1 heterocycles. The highest BCUT2D eigenvalue weighted by Crippen LogP contribution is 2.25. The van der Waals surface area contributed by atoms with Crippen molar-refractivity contribution in [3.63, 3.8) is 0 Å². The fourth-order valence-electron chi connectivity index (χ4n) is 3.06. The van der Waals surface area contributed by atoms with E-state index in [0.717, 1.165) is 35.9 Å². The maximum atomic E-state index is 10.2. The SMILES string of the molecule is O[C@H]1CCCN(C[C@@H](O)COc2cccc3ccccc23)C1. The van der Waals surface area contributed by atoms with E-state index >= 15 is 0 Å². The lowest BCUT2D eigenvalue weighted by Crippen LogP contribution is -2.43. The number of piperidine rings is 1. The Balaban J connectivity index is 1.57. The van der Waals surface area contributed by atoms with Gasteiger partial charge in [-0.2, -0.15) is 0 Å². The first-order valence-electron chi connectivity index (χ1n) is 7.91. The van der Waals surface area contributed by atoms with Crippen molar-refractivity contribution < 1.29 is 14.9 Å². The Labute approximate surface area is 130 Å². The van der Waals surface area contributed by atoms with Crippen LogP contribution in [0, 0.1) is 0 Å². The molecule has 4 heteroatoms. The Hall–Kier alpha value is -1.62. The molecule has 2 atom stereocenters. The highest BCUT2D eigenvalue weighted by Gasteiger charge is 2.20. The molecule has 1 aliphatic rings. The fourth-order valence-corrected chi connectivity index (χ4v) is 3.06. The minimum Gasteiger partial charge on any atom is -0.490 e. The van der Waals surface area contributed by atoms with E-state index in [0.29, 0.717) is 13.1 Å². The normalized spacial score (nSPS) is 20.9. The number of rotatable bonds is 5. The highest BCUT2D eigenvalue weighted by atomic mass is 16.5. The molecular formula is C18H23NO3. The van der Waals surface area contributed by atoms with Crippen molar-refractivity contribution in [3.05, 3.63) is 42.5 Å². The molecule has 0 spiro atoms. The number of hydrogen-bond acceptors (Lipinski definition) is 4. The molecule has 2 aromatic rings. The second-order valence-electron chi connectivity index (χ2n) is 6.00. The van der Waals surface area contributed by atoms with Gasteiger partial charge in [-0.05, 0) is 30.8 Å². The van der Waals surface area contributed by atoms with Gasteiger partial charge in [0.1, 0.15) is 18.5 Å². The lowest BCUT2D eigenvalue weighted by Gasteiger charge is -2.31. The van der Waals surface area contributed by atoms with Crippen LogP contribution in [-0.4, -0.2) is 53.6 Å². The summed E-state index contributed by atoms with van der Waals surface area (Å²) >= 11 is 0. The number of aliphatic hydroxyl groups is 2. The summed E-state index contributed by atoms with van der Waals surface area (Å²) in [6.07, 6.45) is 1.03. The average Bonchev–Trinajstić information content (AvgIpc) is 2.53. The Morgan fingerprint density at radius 1 is 1.18 bits per heavy atom. The van der Waals surface area contributed by atoms with Gasteiger partial charge in [0.05, 0.1) is 6.10 Å². The van der Waals surface area contributed by atoms with Crippen LogP contribution in [0.5, 0.6) is 5.75 Å². The molecular weight excluding hydrogens is 278 g/mol. The predicted molar refractivity (Wildman–Crippen MR) is 87.1 cm³/mol. The monoisotopic (exact) mass is 301 g/mol. The summed E-state index contributed by atoms with van der Waals surface area (Å²) in [5, 5.41) is 22.0. The van der Waals surface area contributed by atoms with Crippen molar-refractivity contribution in [2.45, 2.75) is 25.0 Å². The number of benzene rings is 2. The third kappa shape index (κ3) is 3.77. The van der Waals surface area contributed by atoms with E-state index in [4.69, 9.17) is 4.74 Å². The van der Waals surface area contributed by atoms with Crippen LogP contribution in [0.15, 0.2) is 42.5 Å². The second kappa shape index (κ2) is 7.09. The summed E-state index contributed by atoms with van der Waals surface area (Å²) in [4.78, 5) is 2.10. The van der Waals surface area contributed by atoms with Crippen molar-refractivity contribution in [2.24, 2.45) is 0 Å². The molecule has 0 aliphatic carbocycles. The van der Waals surface area contributed by atoms with Crippen molar-refractivity contribution in [2.75, 3.05) is 26.2 Å². The van der Waals surface area contributed by atoms with E-state index in [-0.39, 0.29) is 12.7 Å². The summed E-state index contributed by atoms with van der Waals surface area (Å²) in [7, 11) is 0.